The summed E-state index contributed by atoms with van der Waals surface area (Å²) in [6.45, 7) is 0. The van der Waals surface area contributed by atoms with Crippen molar-refractivity contribution in [2.75, 3.05) is 41.0 Å². The van der Waals surface area contributed by atoms with E-state index in [1.165, 1.54) is 7.11 Å². The Kier molecular flexibility index (Phi) is 7.04. The number of nitrogens with one attached hydrogen (secondary N) is 2. The van der Waals surface area contributed by atoms with Gasteiger partial charge < -0.3 is 20.3 Å². The second kappa shape index (κ2) is 9.90. The molecule has 0 aliphatic carbocycles. The quantitative estimate of drug-likeness (QED) is 0.481. The molecule has 0 atom stereocenters. The molecule has 31 heavy (non-hydrogen) atoms. The zero-order chi connectivity index (χ0) is 22.4. The average molecular weight is 437 g/mol. The summed E-state index contributed by atoms with van der Waals surface area (Å²) >= 11 is 4.34. The van der Waals surface area contributed by atoms with Gasteiger partial charge in [0.15, 0.2) is 0 Å². The van der Waals surface area contributed by atoms with Gasteiger partial charge in [-0.15, -0.1) is 0 Å². The van der Waals surface area contributed by atoms with Crippen molar-refractivity contribution in [2.45, 2.75) is 0 Å². The zero-order valence-electron chi connectivity index (χ0n) is 17.5. The molecule has 0 saturated heterocycles. The molecule has 0 fully saturated rings. The molecule has 0 bridgehead atoms. The van der Waals surface area contributed by atoms with Crippen molar-refractivity contribution in [3.63, 3.8) is 0 Å². The molecular weight excluding hydrogens is 412 g/mol. The second-order valence-electron chi connectivity index (χ2n) is 6.89. The Bertz CT molecular complexity index is 1060. The van der Waals surface area contributed by atoms with E-state index in [2.05, 4.69) is 23.4 Å². The monoisotopic (exact) mass is 436 g/mol. The first kappa shape index (κ1) is 22.0. The van der Waals surface area contributed by atoms with E-state index in [9.17, 15) is 9.59 Å². The Morgan fingerprint density at radius 2 is 1.52 bits per heavy atom. The maximum atomic E-state index is 12.7. The first-order chi connectivity index (χ1) is 14.9. The summed E-state index contributed by atoms with van der Waals surface area (Å²) in [5, 5.41) is 5.60. The minimum absolute atomic E-state index is 0.309. The lowest BCUT2D eigenvalue weighted by Gasteiger charge is -2.20. The van der Waals surface area contributed by atoms with Gasteiger partial charge in [0.25, 0.3) is 5.91 Å². The number of amides is 3. The third-order valence-corrected chi connectivity index (χ3v) is 4.93. The number of nitrogens with zero attached hydrogens (tertiary/aromatic N) is 2. The molecule has 3 aromatic rings. The summed E-state index contributed by atoms with van der Waals surface area (Å²) in [6.07, 6.45) is 0. The highest BCUT2D eigenvalue weighted by Gasteiger charge is 2.19. The number of benzene rings is 3. The predicted octanol–water partition coefficient (Wildman–Crippen LogP) is 4.90. The summed E-state index contributed by atoms with van der Waals surface area (Å²) in [5.41, 5.74) is 3.01. The number of ether oxygens (including phenoxy) is 1. The second-order valence-corrected chi connectivity index (χ2v) is 7.29. The molecule has 0 aromatic heterocycles. The number of rotatable bonds is 6. The summed E-state index contributed by atoms with van der Waals surface area (Å²) in [5.74, 6) is 0.0980. The lowest BCUT2D eigenvalue weighted by atomic mass is 10.1. The van der Waals surface area contributed by atoms with Crippen LogP contribution in [0.1, 0.15) is 10.4 Å². The fourth-order valence-corrected chi connectivity index (χ4v) is 3.06. The Labute approximate surface area is 187 Å². The number of thiol groups is 1. The van der Waals surface area contributed by atoms with E-state index in [0.717, 1.165) is 9.99 Å². The van der Waals surface area contributed by atoms with E-state index in [-0.39, 0.29) is 5.91 Å². The van der Waals surface area contributed by atoms with Crippen molar-refractivity contribution in [1.29, 1.82) is 0 Å². The van der Waals surface area contributed by atoms with E-state index in [4.69, 9.17) is 4.74 Å². The minimum atomic E-state index is -0.486. The zero-order valence-corrected chi connectivity index (χ0v) is 18.4. The highest BCUT2D eigenvalue weighted by Crippen LogP contribution is 2.31. The highest BCUT2D eigenvalue weighted by molar-refractivity contribution is 7.82. The first-order valence-corrected chi connectivity index (χ1v) is 9.91. The molecule has 0 spiro atoms. The van der Waals surface area contributed by atoms with Crippen molar-refractivity contribution >= 4 is 47.5 Å². The number of para-hydroxylation sites is 1. The van der Waals surface area contributed by atoms with Gasteiger partial charge in [-0.25, -0.2) is 9.10 Å². The molecule has 8 heteroatoms. The Balaban J connectivity index is 1.78. The van der Waals surface area contributed by atoms with Gasteiger partial charge in [0.05, 0.1) is 12.8 Å². The standard InChI is InChI=1S/C23H24N4O3S/c1-26(2)19-12-10-18(11-13-19)25-23(29)27(31)20-15-16(9-14-21(20)30-3)22(28)24-17-7-5-4-6-8-17/h4-15,31H,1-3H3,(H,24,28)(H,25,29). The van der Waals surface area contributed by atoms with Gasteiger partial charge in [-0.1, -0.05) is 31.0 Å². The molecule has 3 amide bonds. The third-order valence-electron chi connectivity index (χ3n) is 4.53. The lowest BCUT2D eigenvalue weighted by Crippen LogP contribution is -2.27. The molecule has 0 aliphatic rings. The highest BCUT2D eigenvalue weighted by atomic mass is 32.1. The van der Waals surface area contributed by atoms with Crippen LogP contribution in [0.25, 0.3) is 0 Å². The van der Waals surface area contributed by atoms with Gasteiger partial charge in [-0.3, -0.25) is 4.79 Å². The molecule has 7 nitrogen and oxygen atoms in total. The summed E-state index contributed by atoms with van der Waals surface area (Å²) < 4.78 is 6.46. The maximum absolute atomic E-state index is 12.7. The summed E-state index contributed by atoms with van der Waals surface area (Å²) in [4.78, 5) is 27.3. The van der Waals surface area contributed by atoms with Crippen LogP contribution in [-0.4, -0.2) is 33.1 Å². The fourth-order valence-electron chi connectivity index (χ4n) is 2.85. The van der Waals surface area contributed by atoms with Crippen LogP contribution in [0.2, 0.25) is 0 Å². The van der Waals surface area contributed by atoms with Crippen LogP contribution in [0.5, 0.6) is 5.75 Å². The van der Waals surface area contributed by atoms with Crippen LogP contribution in [-0.2, 0) is 0 Å². The van der Waals surface area contributed by atoms with E-state index in [1.54, 1.807) is 42.5 Å². The molecule has 0 saturated carbocycles. The number of carbonyl (C=O) groups is 2. The molecule has 0 aliphatic heterocycles. The van der Waals surface area contributed by atoms with Crippen LogP contribution in [0.15, 0.2) is 72.8 Å². The van der Waals surface area contributed by atoms with Crippen LogP contribution < -0.4 is 24.6 Å². The minimum Gasteiger partial charge on any atom is -0.495 e. The topological polar surface area (TPSA) is 73.9 Å². The molecule has 0 heterocycles. The maximum Gasteiger partial charge on any atom is 0.336 e. The first-order valence-electron chi connectivity index (χ1n) is 9.51. The van der Waals surface area contributed by atoms with E-state index in [0.29, 0.717) is 28.4 Å². The van der Waals surface area contributed by atoms with Gasteiger partial charge in [0.1, 0.15) is 5.75 Å². The van der Waals surface area contributed by atoms with Gasteiger partial charge >= 0.3 is 6.03 Å². The lowest BCUT2D eigenvalue weighted by molar-refractivity contribution is 0.102. The molecular formula is C23H24N4O3S. The number of hydrogen-bond donors (Lipinski definition) is 3. The average Bonchev–Trinajstić information content (AvgIpc) is 2.79. The Hall–Kier alpha value is -3.65. The Morgan fingerprint density at radius 1 is 0.871 bits per heavy atom. The number of hydrogen-bond acceptors (Lipinski definition) is 5. The summed E-state index contributed by atoms with van der Waals surface area (Å²) in [6, 6.07) is 20.8. The number of urea groups is 1. The molecule has 2 N–H and O–H groups in total. The molecule has 0 unspecified atom stereocenters. The van der Waals surface area contributed by atoms with Crippen LogP contribution in [0.4, 0.5) is 27.5 Å². The van der Waals surface area contributed by atoms with Crippen LogP contribution in [0, 0.1) is 0 Å². The Morgan fingerprint density at radius 3 is 2.13 bits per heavy atom. The third kappa shape index (κ3) is 5.49. The molecule has 160 valence electrons. The van der Waals surface area contributed by atoms with Crippen LogP contribution in [0.3, 0.4) is 0 Å². The van der Waals surface area contributed by atoms with E-state index < -0.39 is 6.03 Å². The van der Waals surface area contributed by atoms with E-state index in [1.807, 2.05) is 49.3 Å². The van der Waals surface area contributed by atoms with Gasteiger partial charge in [0.2, 0.25) is 0 Å². The van der Waals surface area contributed by atoms with Crippen molar-refractivity contribution in [3.05, 3.63) is 78.4 Å². The predicted molar refractivity (Wildman–Crippen MR) is 129 cm³/mol. The van der Waals surface area contributed by atoms with Crippen molar-refractivity contribution in [2.24, 2.45) is 0 Å². The summed E-state index contributed by atoms with van der Waals surface area (Å²) in [7, 11) is 5.37. The molecule has 3 aromatic carbocycles. The van der Waals surface area contributed by atoms with Gasteiger partial charge in [0, 0.05) is 36.7 Å². The van der Waals surface area contributed by atoms with Gasteiger partial charge in [-0.05, 0) is 54.6 Å². The van der Waals surface area contributed by atoms with Crippen molar-refractivity contribution in [3.8, 4) is 5.75 Å². The van der Waals surface area contributed by atoms with Crippen molar-refractivity contribution in [1.82, 2.24) is 0 Å². The van der Waals surface area contributed by atoms with Crippen LogP contribution >= 0.6 is 12.8 Å². The van der Waals surface area contributed by atoms with Gasteiger partial charge in [-0.2, -0.15) is 0 Å². The SMILES string of the molecule is COc1ccc(C(=O)Nc2ccccc2)cc1N(S)C(=O)Nc1ccc(N(C)C)cc1. The molecule has 0 radical (unpaired) electrons. The van der Waals surface area contributed by atoms with E-state index >= 15 is 0 Å². The number of anilines is 4. The normalized spacial score (nSPS) is 10.2. The smallest absolute Gasteiger partial charge is 0.336 e. The number of carbonyl (C=O) groups excluding carboxylic acids is 2. The fraction of sp³-hybridized carbons (Fsp3) is 0.130. The number of methoxy groups -OCH3 is 1. The molecule has 3 rings (SSSR count). The van der Waals surface area contributed by atoms with Crippen molar-refractivity contribution < 1.29 is 14.3 Å². The largest absolute Gasteiger partial charge is 0.495 e.